The fraction of sp³-hybridized carbons (Fsp3) is 0.643. The second-order valence-corrected chi connectivity index (χ2v) is 5.06. The first-order valence-corrected chi connectivity index (χ1v) is 6.59. The summed E-state index contributed by atoms with van der Waals surface area (Å²) in [5, 5.41) is 9.54. The molecule has 2 rings (SSSR count). The van der Waals surface area contributed by atoms with Crippen molar-refractivity contribution >= 4 is 5.82 Å². The summed E-state index contributed by atoms with van der Waals surface area (Å²) in [6.07, 6.45) is 3.94. The van der Waals surface area contributed by atoms with Crippen LogP contribution in [0.25, 0.3) is 0 Å². The summed E-state index contributed by atoms with van der Waals surface area (Å²) < 4.78 is 5.61. The van der Waals surface area contributed by atoms with Crippen molar-refractivity contribution in [3.05, 3.63) is 23.9 Å². The number of pyridine rings is 1. The van der Waals surface area contributed by atoms with Crippen LogP contribution in [-0.4, -0.2) is 36.9 Å². The van der Waals surface area contributed by atoms with Gasteiger partial charge in [-0.15, -0.1) is 0 Å². The Kier molecular flexibility index (Phi) is 4.55. The molecule has 0 aromatic carbocycles. The van der Waals surface area contributed by atoms with E-state index in [0.29, 0.717) is 0 Å². The quantitative estimate of drug-likeness (QED) is 0.752. The normalized spacial score (nSPS) is 16.6. The molecule has 0 saturated heterocycles. The monoisotopic (exact) mass is 250 g/mol. The van der Waals surface area contributed by atoms with E-state index in [4.69, 9.17) is 4.74 Å². The van der Waals surface area contributed by atoms with Crippen LogP contribution >= 0.6 is 0 Å². The fourth-order valence-electron chi connectivity index (χ4n) is 1.75. The molecule has 1 N–H and O–H groups in total. The van der Waals surface area contributed by atoms with Gasteiger partial charge in [0, 0.05) is 26.4 Å². The van der Waals surface area contributed by atoms with Gasteiger partial charge in [0.05, 0.1) is 12.7 Å². The Morgan fingerprint density at radius 1 is 1.56 bits per heavy atom. The van der Waals surface area contributed by atoms with Crippen LogP contribution in [0.2, 0.25) is 0 Å². The van der Waals surface area contributed by atoms with Gasteiger partial charge in [0.25, 0.3) is 0 Å². The maximum atomic E-state index is 9.54. The van der Waals surface area contributed by atoms with E-state index in [0.717, 1.165) is 37.1 Å². The number of likely N-dealkylation sites (N-methyl/N-ethyl adjacent to an activating group) is 1. The largest absolute Gasteiger partial charge is 0.389 e. The molecule has 0 spiro atoms. The third-order valence-corrected chi connectivity index (χ3v) is 3.26. The molecular formula is C14H22N2O2. The van der Waals surface area contributed by atoms with Gasteiger partial charge in [-0.1, -0.05) is 0 Å². The highest BCUT2D eigenvalue weighted by Gasteiger charge is 2.21. The molecule has 0 aliphatic heterocycles. The summed E-state index contributed by atoms with van der Waals surface area (Å²) in [5.74, 6) is 1.69. The zero-order valence-corrected chi connectivity index (χ0v) is 11.2. The minimum Gasteiger partial charge on any atom is -0.389 e. The predicted molar refractivity (Wildman–Crippen MR) is 71.7 cm³/mol. The van der Waals surface area contributed by atoms with Gasteiger partial charge in [0.2, 0.25) is 0 Å². The molecule has 4 heteroatoms. The second-order valence-electron chi connectivity index (χ2n) is 5.06. The summed E-state index contributed by atoms with van der Waals surface area (Å²) in [4.78, 5) is 6.36. The van der Waals surface area contributed by atoms with Crippen LogP contribution in [0.4, 0.5) is 5.82 Å². The Bertz CT molecular complexity index is 378. The van der Waals surface area contributed by atoms with Gasteiger partial charge >= 0.3 is 0 Å². The molecule has 0 bridgehead atoms. The first kappa shape index (κ1) is 13.3. The molecule has 1 aromatic heterocycles. The highest BCUT2D eigenvalue weighted by molar-refractivity contribution is 5.40. The van der Waals surface area contributed by atoms with E-state index in [-0.39, 0.29) is 0 Å². The summed E-state index contributed by atoms with van der Waals surface area (Å²) >= 11 is 0. The number of rotatable bonds is 7. The fourth-order valence-corrected chi connectivity index (χ4v) is 1.75. The van der Waals surface area contributed by atoms with Crippen molar-refractivity contribution in [2.24, 2.45) is 5.92 Å². The molecule has 1 unspecified atom stereocenters. The van der Waals surface area contributed by atoms with Crippen molar-refractivity contribution in [1.82, 2.24) is 4.98 Å². The molecule has 1 aliphatic carbocycles. The van der Waals surface area contributed by atoms with Crippen LogP contribution in [0.3, 0.4) is 0 Å². The van der Waals surface area contributed by atoms with Gasteiger partial charge in [0.1, 0.15) is 5.82 Å². The number of hydrogen-bond donors (Lipinski definition) is 1. The molecule has 100 valence electrons. The SMILES string of the molecule is CC(O)c1ccnc(N(C)CCOCC2CC2)c1. The third-order valence-electron chi connectivity index (χ3n) is 3.26. The average molecular weight is 250 g/mol. The number of hydrogen-bond acceptors (Lipinski definition) is 4. The number of ether oxygens (including phenoxy) is 1. The molecule has 1 fully saturated rings. The Morgan fingerprint density at radius 2 is 2.33 bits per heavy atom. The highest BCUT2D eigenvalue weighted by atomic mass is 16.5. The number of aliphatic hydroxyl groups is 1. The van der Waals surface area contributed by atoms with Gasteiger partial charge in [-0.2, -0.15) is 0 Å². The lowest BCUT2D eigenvalue weighted by atomic mass is 10.2. The number of nitrogens with zero attached hydrogens (tertiary/aromatic N) is 2. The van der Waals surface area contributed by atoms with Gasteiger partial charge in [-0.05, 0) is 43.4 Å². The Hall–Kier alpha value is -1.13. The van der Waals surface area contributed by atoms with E-state index in [1.54, 1.807) is 13.1 Å². The minimum atomic E-state index is -0.453. The molecule has 1 aromatic rings. The molecule has 1 aliphatic rings. The highest BCUT2D eigenvalue weighted by Crippen LogP contribution is 2.28. The summed E-state index contributed by atoms with van der Waals surface area (Å²) in [6, 6.07) is 3.76. The third kappa shape index (κ3) is 3.96. The standard InChI is InChI=1S/C14H22N2O2/c1-11(17)13-5-6-15-14(9-13)16(2)7-8-18-10-12-3-4-12/h5-6,9,11-12,17H,3-4,7-8,10H2,1-2H3. The number of aliphatic hydroxyl groups excluding tert-OH is 1. The van der Waals surface area contributed by atoms with Gasteiger partial charge in [0.15, 0.2) is 0 Å². The van der Waals surface area contributed by atoms with Crippen molar-refractivity contribution in [2.45, 2.75) is 25.9 Å². The van der Waals surface area contributed by atoms with Crippen LogP contribution in [-0.2, 0) is 4.74 Å². The van der Waals surface area contributed by atoms with Gasteiger partial charge < -0.3 is 14.7 Å². The van der Waals surface area contributed by atoms with Crippen LogP contribution in [0, 0.1) is 5.92 Å². The van der Waals surface area contributed by atoms with E-state index in [2.05, 4.69) is 9.88 Å². The maximum Gasteiger partial charge on any atom is 0.128 e. The van der Waals surface area contributed by atoms with E-state index in [9.17, 15) is 5.11 Å². The van der Waals surface area contributed by atoms with E-state index in [1.807, 2.05) is 19.2 Å². The lowest BCUT2D eigenvalue weighted by molar-refractivity contribution is 0.131. The Balaban J connectivity index is 1.79. The lowest BCUT2D eigenvalue weighted by Crippen LogP contribution is -2.24. The van der Waals surface area contributed by atoms with E-state index in [1.165, 1.54) is 12.8 Å². The van der Waals surface area contributed by atoms with Crippen molar-refractivity contribution in [2.75, 3.05) is 31.7 Å². The minimum absolute atomic E-state index is 0.453. The maximum absolute atomic E-state index is 9.54. The summed E-state index contributed by atoms with van der Waals surface area (Å²) in [6.45, 7) is 4.21. The topological polar surface area (TPSA) is 45.6 Å². The summed E-state index contributed by atoms with van der Waals surface area (Å²) in [7, 11) is 1.99. The van der Waals surface area contributed by atoms with Crippen LogP contribution in [0.15, 0.2) is 18.3 Å². The second kappa shape index (κ2) is 6.16. The molecule has 1 saturated carbocycles. The van der Waals surface area contributed by atoms with E-state index < -0.39 is 6.10 Å². The zero-order valence-electron chi connectivity index (χ0n) is 11.2. The number of anilines is 1. The first-order valence-electron chi connectivity index (χ1n) is 6.59. The Morgan fingerprint density at radius 3 is 3.00 bits per heavy atom. The molecule has 4 nitrogen and oxygen atoms in total. The lowest BCUT2D eigenvalue weighted by Gasteiger charge is -2.19. The molecule has 1 heterocycles. The first-order chi connectivity index (χ1) is 8.66. The van der Waals surface area contributed by atoms with Crippen molar-refractivity contribution in [3.63, 3.8) is 0 Å². The van der Waals surface area contributed by atoms with Gasteiger partial charge in [-0.3, -0.25) is 0 Å². The van der Waals surface area contributed by atoms with Crippen LogP contribution < -0.4 is 4.90 Å². The molecule has 18 heavy (non-hydrogen) atoms. The Labute approximate surface area is 109 Å². The molecule has 0 amide bonds. The van der Waals surface area contributed by atoms with Gasteiger partial charge in [-0.25, -0.2) is 4.98 Å². The van der Waals surface area contributed by atoms with Crippen molar-refractivity contribution in [3.8, 4) is 0 Å². The summed E-state index contributed by atoms with van der Waals surface area (Å²) in [5.41, 5.74) is 0.894. The smallest absolute Gasteiger partial charge is 0.128 e. The number of aromatic nitrogens is 1. The van der Waals surface area contributed by atoms with Crippen LogP contribution in [0.1, 0.15) is 31.4 Å². The average Bonchev–Trinajstić information content (AvgIpc) is 3.18. The zero-order chi connectivity index (χ0) is 13.0. The molecular weight excluding hydrogens is 228 g/mol. The van der Waals surface area contributed by atoms with Crippen LogP contribution in [0.5, 0.6) is 0 Å². The van der Waals surface area contributed by atoms with E-state index >= 15 is 0 Å². The molecule has 1 atom stereocenters. The van der Waals surface area contributed by atoms with Crippen molar-refractivity contribution in [1.29, 1.82) is 0 Å². The predicted octanol–water partition coefficient (Wildman–Crippen LogP) is 2.00. The van der Waals surface area contributed by atoms with Crippen molar-refractivity contribution < 1.29 is 9.84 Å². The molecule has 0 radical (unpaired) electrons.